The highest BCUT2D eigenvalue weighted by Crippen LogP contribution is 2.20. The Morgan fingerprint density at radius 1 is 1.25 bits per heavy atom. The Hall–Kier alpha value is -0.500. The maximum atomic E-state index is 5.87. The maximum Gasteiger partial charge on any atom is 0.0449 e. The zero-order chi connectivity index (χ0) is 12.0. The minimum Gasteiger partial charge on any atom is -0.291 e. The van der Waals surface area contributed by atoms with E-state index in [0.29, 0.717) is 11.8 Å². The van der Waals surface area contributed by atoms with Crippen molar-refractivity contribution in [2.24, 2.45) is 0 Å². The van der Waals surface area contributed by atoms with E-state index in [0.717, 1.165) is 25.2 Å². The molecule has 0 aromatic rings. The Morgan fingerprint density at radius 3 is 2.25 bits per heavy atom. The highest BCUT2D eigenvalue weighted by atomic mass is 35.5. The van der Waals surface area contributed by atoms with Crippen LogP contribution in [0.5, 0.6) is 0 Å². The first-order chi connectivity index (χ1) is 7.71. The third-order valence-corrected chi connectivity index (χ3v) is 3.19. The second-order valence-corrected chi connectivity index (χ2v) is 4.41. The molecule has 3 heteroatoms. The van der Waals surface area contributed by atoms with E-state index in [9.17, 15) is 0 Å². The Kier molecular flexibility index (Phi) is 5.89. The van der Waals surface area contributed by atoms with Crippen LogP contribution in [0.4, 0.5) is 0 Å². The maximum absolute atomic E-state index is 5.87. The molecule has 0 saturated carbocycles. The molecule has 0 atom stereocenters. The van der Waals surface area contributed by atoms with Crippen LogP contribution in [0.25, 0.3) is 0 Å². The van der Waals surface area contributed by atoms with Gasteiger partial charge in [-0.25, -0.2) is 0 Å². The van der Waals surface area contributed by atoms with Gasteiger partial charge in [-0.2, -0.15) is 0 Å². The molecule has 0 amide bonds. The van der Waals surface area contributed by atoms with Crippen LogP contribution in [0, 0.1) is 0 Å². The molecular formula is C13H17Cl2N. The predicted molar refractivity (Wildman–Crippen MR) is 73.4 cm³/mol. The van der Waals surface area contributed by atoms with Crippen LogP contribution >= 0.6 is 23.2 Å². The molecule has 0 saturated heterocycles. The zero-order valence-electron chi connectivity index (χ0n) is 9.38. The third kappa shape index (κ3) is 3.82. The summed E-state index contributed by atoms with van der Waals surface area (Å²) >= 11 is 11.7. The number of halogens is 2. The molecule has 0 spiro atoms. The second kappa shape index (κ2) is 6.95. The molecular weight excluding hydrogens is 241 g/mol. The van der Waals surface area contributed by atoms with E-state index in [2.05, 4.69) is 18.1 Å². The minimum absolute atomic E-state index is 0.577. The fourth-order valence-corrected chi connectivity index (χ4v) is 2.30. The zero-order valence-corrected chi connectivity index (χ0v) is 10.9. The molecule has 0 bridgehead atoms. The average Bonchev–Trinajstić information content (AvgIpc) is 2.68. The van der Waals surface area contributed by atoms with E-state index in [4.69, 9.17) is 23.2 Å². The molecule has 0 aliphatic carbocycles. The van der Waals surface area contributed by atoms with Crippen molar-refractivity contribution in [3.8, 4) is 0 Å². The van der Waals surface area contributed by atoms with Crippen molar-refractivity contribution >= 4 is 23.2 Å². The smallest absolute Gasteiger partial charge is 0.0449 e. The van der Waals surface area contributed by atoms with Gasteiger partial charge < -0.3 is 0 Å². The van der Waals surface area contributed by atoms with Gasteiger partial charge in [0.15, 0.2) is 0 Å². The first kappa shape index (κ1) is 13.6. The van der Waals surface area contributed by atoms with Crippen LogP contribution in [-0.2, 0) is 0 Å². The third-order valence-electron chi connectivity index (χ3n) is 2.55. The molecule has 0 aromatic carbocycles. The van der Waals surface area contributed by atoms with Crippen LogP contribution in [-0.4, -0.2) is 36.3 Å². The molecule has 0 radical (unpaired) electrons. The molecule has 1 nitrogen and oxygen atoms in total. The first-order valence-electron chi connectivity index (χ1n) is 5.22. The summed E-state index contributed by atoms with van der Waals surface area (Å²) in [4.78, 5) is 2.30. The Bertz CT molecular complexity index is 313. The number of hydrogen-bond acceptors (Lipinski definition) is 1. The van der Waals surface area contributed by atoms with Crippen molar-refractivity contribution in [3.05, 3.63) is 48.1 Å². The van der Waals surface area contributed by atoms with Crippen molar-refractivity contribution < 1.29 is 0 Å². The normalized spacial score (nSPS) is 17.4. The largest absolute Gasteiger partial charge is 0.291 e. The van der Waals surface area contributed by atoms with Gasteiger partial charge in [0.05, 0.1) is 0 Å². The van der Waals surface area contributed by atoms with E-state index in [1.54, 1.807) is 6.08 Å². The number of rotatable bonds is 6. The topological polar surface area (TPSA) is 3.24 Å². The van der Waals surface area contributed by atoms with Crippen LogP contribution in [0.15, 0.2) is 48.1 Å². The number of allylic oxidation sites excluding steroid dienone is 2. The van der Waals surface area contributed by atoms with E-state index < -0.39 is 0 Å². The Balaban J connectivity index is 2.47. The molecule has 88 valence electrons. The van der Waals surface area contributed by atoms with Crippen LogP contribution in [0.2, 0.25) is 0 Å². The summed E-state index contributed by atoms with van der Waals surface area (Å²) in [5.74, 6) is 1.15. The highest BCUT2D eigenvalue weighted by molar-refractivity contribution is 6.21. The van der Waals surface area contributed by atoms with Crippen molar-refractivity contribution in [1.82, 2.24) is 4.90 Å². The fourth-order valence-electron chi connectivity index (χ4n) is 1.75. The van der Waals surface area contributed by atoms with Gasteiger partial charge in [0.25, 0.3) is 0 Å². The molecule has 1 rings (SSSR count). The molecule has 1 heterocycles. The standard InChI is InChI=1S/C13H17Cl2N/c1-3-4-5-11(2)8-16-9-12(6-14)13(7-15)10-16/h3-5H,1-2,6-10H2/b5-4-. The summed E-state index contributed by atoms with van der Waals surface area (Å²) in [6.45, 7) is 10.3. The summed E-state index contributed by atoms with van der Waals surface area (Å²) in [6.07, 6.45) is 5.63. The van der Waals surface area contributed by atoms with Crippen molar-refractivity contribution in [2.75, 3.05) is 31.4 Å². The van der Waals surface area contributed by atoms with Gasteiger partial charge in [-0.05, 0) is 16.7 Å². The highest BCUT2D eigenvalue weighted by Gasteiger charge is 2.20. The molecule has 0 fully saturated rings. The minimum atomic E-state index is 0.577. The van der Waals surface area contributed by atoms with Crippen molar-refractivity contribution in [1.29, 1.82) is 0 Å². The van der Waals surface area contributed by atoms with Crippen molar-refractivity contribution in [2.45, 2.75) is 0 Å². The molecule has 0 N–H and O–H groups in total. The summed E-state index contributed by atoms with van der Waals surface area (Å²) < 4.78 is 0. The monoisotopic (exact) mass is 257 g/mol. The Morgan fingerprint density at radius 2 is 1.81 bits per heavy atom. The summed E-state index contributed by atoms with van der Waals surface area (Å²) in [7, 11) is 0. The van der Waals surface area contributed by atoms with E-state index in [-0.39, 0.29) is 0 Å². The first-order valence-corrected chi connectivity index (χ1v) is 6.29. The Labute approximate surface area is 108 Å². The molecule has 1 aliphatic heterocycles. The summed E-state index contributed by atoms with van der Waals surface area (Å²) in [5.41, 5.74) is 3.60. The molecule has 0 aromatic heterocycles. The van der Waals surface area contributed by atoms with Gasteiger partial charge in [0.1, 0.15) is 0 Å². The predicted octanol–water partition coefficient (Wildman–Crippen LogP) is 3.37. The number of nitrogens with zero attached hydrogens (tertiary/aromatic N) is 1. The number of hydrogen-bond donors (Lipinski definition) is 0. The number of alkyl halides is 2. The van der Waals surface area contributed by atoms with E-state index in [1.807, 2.05) is 12.2 Å². The lowest BCUT2D eigenvalue weighted by Crippen LogP contribution is -2.23. The lowest BCUT2D eigenvalue weighted by atomic mass is 10.2. The van der Waals surface area contributed by atoms with Crippen molar-refractivity contribution in [3.63, 3.8) is 0 Å². The van der Waals surface area contributed by atoms with Crippen LogP contribution in [0.1, 0.15) is 0 Å². The van der Waals surface area contributed by atoms with Gasteiger partial charge in [-0.15, -0.1) is 23.2 Å². The lowest BCUT2D eigenvalue weighted by molar-refractivity contribution is 0.378. The van der Waals surface area contributed by atoms with Gasteiger partial charge in [0, 0.05) is 31.4 Å². The van der Waals surface area contributed by atoms with Gasteiger partial charge in [-0.1, -0.05) is 31.4 Å². The lowest BCUT2D eigenvalue weighted by Gasteiger charge is -2.15. The van der Waals surface area contributed by atoms with E-state index >= 15 is 0 Å². The average molecular weight is 258 g/mol. The summed E-state index contributed by atoms with van der Waals surface area (Å²) in [6, 6.07) is 0. The van der Waals surface area contributed by atoms with Gasteiger partial charge in [0.2, 0.25) is 0 Å². The van der Waals surface area contributed by atoms with Gasteiger partial charge in [-0.3, -0.25) is 4.90 Å². The SMILES string of the molecule is C=C/C=C\C(=C)CN1CC(CCl)=C(CCl)C1. The molecule has 1 aliphatic rings. The second-order valence-electron chi connectivity index (χ2n) is 3.87. The van der Waals surface area contributed by atoms with Crippen LogP contribution in [0.3, 0.4) is 0 Å². The summed E-state index contributed by atoms with van der Waals surface area (Å²) in [5, 5.41) is 0. The van der Waals surface area contributed by atoms with Crippen LogP contribution < -0.4 is 0 Å². The van der Waals surface area contributed by atoms with E-state index in [1.165, 1.54) is 11.1 Å². The fraction of sp³-hybridized carbons (Fsp3) is 0.385. The van der Waals surface area contributed by atoms with Gasteiger partial charge >= 0.3 is 0 Å². The quantitative estimate of drug-likeness (QED) is 0.401. The molecule has 16 heavy (non-hydrogen) atoms. The molecule has 0 unspecified atom stereocenters.